The number of para-hydroxylation sites is 1. The van der Waals surface area contributed by atoms with E-state index in [1.54, 1.807) is 48.0 Å². The van der Waals surface area contributed by atoms with E-state index >= 15 is 0 Å². The summed E-state index contributed by atoms with van der Waals surface area (Å²) in [6.45, 7) is 3.24. The number of halogens is 1. The summed E-state index contributed by atoms with van der Waals surface area (Å²) in [5, 5.41) is 3.24. The summed E-state index contributed by atoms with van der Waals surface area (Å²) in [5.74, 6) is -0.000981. The molecule has 0 spiro atoms. The van der Waals surface area contributed by atoms with E-state index in [1.807, 2.05) is 13.0 Å². The van der Waals surface area contributed by atoms with Gasteiger partial charge in [0, 0.05) is 33.1 Å². The first kappa shape index (κ1) is 24.3. The highest BCUT2D eigenvalue weighted by Gasteiger charge is 2.26. The molecular weight excluding hydrogens is 427 g/mol. The number of ether oxygens (including phenoxy) is 2. The van der Waals surface area contributed by atoms with Crippen LogP contribution in [0.2, 0.25) is 0 Å². The molecule has 0 fully saturated rings. The number of nitrogens with zero attached hydrogens (tertiary/aromatic N) is 3. The molecule has 0 aliphatic rings. The van der Waals surface area contributed by atoms with Gasteiger partial charge in [0.05, 0.1) is 30.1 Å². The Morgan fingerprint density at radius 1 is 1.15 bits per heavy atom. The largest absolute Gasteiger partial charge is 0.385 e. The predicted octanol–water partition coefficient (Wildman–Crippen LogP) is 3.81. The zero-order valence-corrected chi connectivity index (χ0v) is 19.1. The number of hydrogen-bond donors (Lipinski definition) is 1. The number of amides is 2. The predicted molar refractivity (Wildman–Crippen MR) is 125 cm³/mol. The average molecular weight is 457 g/mol. The highest BCUT2D eigenvalue weighted by molar-refractivity contribution is 5.89. The zero-order chi connectivity index (χ0) is 23.8. The van der Waals surface area contributed by atoms with Gasteiger partial charge in [-0.25, -0.2) is 14.2 Å². The van der Waals surface area contributed by atoms with Gasteiger partial charge in [0.15, 0.2) is 0 Å². The van der Waals surface area contributed by atoms with Crippen molar-refractivity contribution in [3.63, 3.8) is 0 Å². The molecule has 0 saturated heterocycles. The Hall–Kier alpha value is -3.30. The SMILES string of the molecule is COCCCN(C(=O)Nc1cccc(F)c1)C(C)c1nc2ccccc2c(=O)n1CCOC. The summed E-state index contributed by atoms with van der Waals surface area (Å²) in [5.41, 5.74) is 0.703. The summed E-state index contributed by atoms with van der Waals surface area (Å²) in [6.07, 6.45) is 0.577. The second kappa shape index (κ2) is 11.5. The molecule has 9 heteroatoms. The van der Waals surface area contributed by atoms with Gasteiger partial charge in [-0.3, -0.25) is 9.36 Å². The minimum atomic E-state index is -0.551. The Balaban J connectivity index is 2.00. The highest BCUT2D eigenvalue weighted by Crippen LogP contribution is 2.22. The molecule has 1 N–H and O–H groups in total. The maximum atomic E-state index is 13.6. The van der Waals surface area contributed by atoms with Gasteiger partial charge in [0.25, 0.3) is 5.56 Å². The first-order valence-electron chi connectivity index (χ1n) is 10.8. The quantitative estimate of drug-likeness (QED) is 0.469. The molecule has 0 aliphatic carbocycles. The summed E-state index contributed by atoms with van der Waals surface area (Å²) in [4.78, 5) is 32.8. The van der Waals surface area contributed by atoms with Crippen molar-refractivity contribution in [3.8, 4) is 0 Å². The van der Waals surface area contributed by atoms with Crippen LogP contribution in [0.5, 0.6) is 0 Å². The number of methoxy groups -OCH3 is 2. The van der Waals surface area contributed by atoms with E-state index in [1.165, 1.54) is 18.2 Å². The standard InChI is InChI=1S/C24H29FN4O4/c1-17(22-27-21-11-5-4-10-20(21)23(30)29(22)13-15-33-3)28(12-7-14-32-2)24(31)26-19-9-6-8-18(25)16-19/h4-6,8-11,16-17H,7,12-15H2,1-3H3,(H,26,31). The number of urea groups is 1. The first-order chi connectivity index (χ1) is 16.0. The normalized spacial score (nSPS) is 12.0. The minimum Gasteiger partial charge on any atom is -0.385 e. The third kappa shape index (κ3) is 5.94. The molecule has 1 heterocycles. The Labute approximate surface area is 191 Å². The first-order valence-corrected chi connectivity index (χ1v) is 10.8. The van der Waals surface area contributed by atoms with Crippen molar-refractivity contribution in [2.45, 2.75) is 25.9 Å². The van der Waals surface area contributed by atoms with Crippen molar-refractivity contribution >= 4 is 22.6 Å². The highest BCUT2D eigenvalue weighted by atomic mass is 19.1. The van der Waals surface area contributed by atoms with Crippen LogP contribution in [0.25, 0.3) is 10.9 Å². The second-order valence-electron chi connectivity index (χ2n) is 7.59. The maximum absolute atomic E-state index is 13.6. The lowest BCUT2D eigenvalue weighted by Gasteiger charge is -2.30. The van der Waals surface area contributed by atoms with E-state index in [0.29, 0.717) is 55.1 Å². The van der Waals surface area contributed by atoms with Crippen LogP contribution in [-0.4, -0.2) is 54.5 Å². The number of nitrogens with one attached hydrogen (secondary N) is 1. The Bertz CT molecular complexity index is 1150. The van der Waals surface area contributed by atoms with Crippen molar-refractivity contribution in [2.75, 3.05) is 39.3 Å². The number of benzene rings is 2. The van der Waals surface area contributed by atoms with Crippen LogP contribution in [0, 0.1) is 5.82 Å². The monoisotopic (exact) mass is 456 g/mol. The lowest BCUT2D eigenvalue weighted by atomic mass is 10.2. The Kier molecular flexibility index (Phi) is 8.51. The molecule has 1 unspecified atom stereocenters. The molecule has 0 bridgehead atoms. The number of fused-ring (bicyclic) bond motifs is 1. The Morgan fingerprint density at radius 3 is 2.64 bits per heavy atom. The molecule has 0 aliphatic heterocycles. The topological polar surface area (TPSA) is 85.7 Å². The molecule has 33 heavy (non-hydrogen) atoms. The number of anilines is 1. The van der Waals surface area contributed by atoms with E-state index < -0.39 is 17.9 Å². The summed E-state index contributed by atoms with van der Waals surface area (Å²) in [6, 6.07) is 11.8. The van der Waals surface area contributed by atoms with Gasteiger partial charge >= 0.3 is 6.03 Å². The fourth-order valence-electron chi connectivity index (χ4n) is 3.65. The van der Waals surface area contributed by atoms with Gasteiger partial charge in [-0.05, 0) is 43.7 Å². The van der Waals surface area contributed by atoms with Gasteiger partial charge in [-0.2, -0.15) is 0 Å². The van der Waals surface area contributed by atoms with E-state index in [2.05, 4.69) is 5.32 Å². The van der Waals surface area contributed by atoms with Crippen molar-refractivity contribution in [1.82, 2.24) is 14.5 Å². The maximum Gasteiger partial charge on any atom is 0.322 e. The van der Waals surface area contributed by atoms with E-state index in [0.717, 1.165) is 0 Å². The molecule has 2 amide bonds. The molecular formula is C24H29FN4O4. The molecule has 2 aromatic carbocycles. The number of aromatic nitrogens is 2. The zero-order valence-electron chi connectivity index (χ0n) is 19.1. The molecule has 8 nitrogen and oxygen atoms in total. The molecule has 0 radical (unpaired) electrons. The Morgan fingerprint density at radius 2 is 1.91 bits per heavy atom. The molecule has 1 aromatic heterocycles. The number of carbonyl (C=O) groups is 1. The molecule has 3 rings (SSSR count). The smallest absolute Gasteiger partial charge is 0.322 e. The van der Waals surface area contributed by atoms with Crippen molar-refractivity contribution in [2.24, 2.45) is 0 Å². The van der Waals surface area contributed by atoms with Gasteiger partial charge in [-0.15, -0.1) is 0 Å². The van der Waals surface area contributed by atoms with Crippen LogP contribution in [0.3, 0.4) is 0 Å². The molecule has 176 valence electrons. The number of hydrogen-bond acceptors (Lipinski definition) is 5. The van der Waals surface area contributed by atoms with Crippen LogP contribution in [0.1, 0.15) is 25.2 Å². The third-order valence-corrected chi connectivity index (χ3v) is 5.34. The molecule has 3 aromatic rings. The third-order valence-electron chi connectivity index (χ3n) is 5.34. The number of rotatable bonds is 10. The van der Waals surface area contributed by atoms with Crippen LogP contribution in [0.4, 0.5) is 14.9 Å². The van der Waals surface area contributed by atoms with Gasteiger partial charge < -0.3 is 19.7 Å². The van der Waals surface area contributed by atoms with E-state index in [9.17, 15) is 14.0 Å². The van der Waals surface area contributed by atoms with Crippen LogP contribution < -0.4 is 10.9 Å². The van der Waals surface area contributed by atoms with Gasteiger partial charge in [0.1, 0.15) is 11.6 Å². The summed E-state index contributed by atoms with van der Waals surface area (Å²) >= 11 is 0. The van der Waals surface area contributed by atoms with Gasteiger partial charge in [-0.1, -0.05) is 18.2 Å². The van der Waals surface area contributed by atoms with Crippen molar-refractivity contribution in [1.29, 1.82) is 0 Å². The molecule has 0 saturated carbocycles. The van der Waals surface area contributed by atoms with Crippen molar-refractivity contribution in [3.05, 3.63) is 70.5 Å². The van der Waals surface area contributed by atoms with E-state index in [4.69, 9.17) is 14.5 Å². The van der Waals surface area contributed by atoms with E-state index in [-0.39, 0.29) is 5.56 Å². The van der Waals surface area contributed by atoms with Crippen LogP contribution in [-0.2, 0) is 16.0 Å². The minimum absolute atomic E-state index is 0.193. The van der Waals surface area contributed by atoms with Crippen LogP contribution in [0.15, 0.2) is 53.3 Å². The average Bonchev–Trinajstić information content (AvgIpc) is 2.81. The lowest BCUT2D eigenvalue weighted by molar-refractivity contribution is 0.155. The summed E-state index contributed by atoms with van der Waals surface area (Å²) < 4.78 is 25.5. The van der Waals surface area contributed by atoms with Gasteiger partial charge in [0.2, 0.25) is 0 Å². The van der Waals surface area contributed by atoms with Crippen LogP contribution >= 0.6 is 0 Å². The fourth-order valence-corrected chi connectivity index (χ4v) is 3.65. The molecule has 1 atom stereocenters. The lowest BCUT2D eigenvalue weighted by Crippen LogP contribution is -2.41. The number of carbonyl (C=O) groups excluding carboxylic acids is 1. The fraction of sp³-hybridized carbons (Fsp3) is 0.375. The second-order valence-corrected chi connectivity index (χ2v) is 7.59. The summed E-state index contributed by atoms with van der Waals surface area (Å²) in [7, 11) is 3.15. The van der Waals surface area contributed by atoms with Crippen molar-refractivity contribution < 1.29 is 18.7 Å².